The molecule has 1 aromatic heterocycles. The fourth-order valence-corrected chi connectivity index (χ4v) is 2.95. The minimum atomic E-state index is -0.109. The van der Waals surface area contributed by atoms with Crippen molar-refractivity contribution in [2.75, 3.05) is 13.1 Å². The molecule has 2 heterocycles. The van der Waals surface area contributed by atoms with Gasteiger partial charge in [0.1, 0.15) is 5.82 Å². The maximum absolute atomic E-state index is 13.9. The Morgan fingerprint density at radius 2 is 2.00 bits per heavy atom. The second-order valence-electron chi connectivity index (χ2n) is 5.06. The summed E-state index contributed by atoms with van der Waals surface area (Å²) < 4.78 is 16.0. The Morgan fingerprint density at radius 3 is 2.72 bits per heavy atom. The number of fused-ring (bicyclic) bond motifs is 1. The molecule has 1 fully saturated rings. The summed E-state index contributed by atoms with van der Waals surface area (Å²) in [7, 11) is 0. The van der Waals surface area contributed by atoms with Crippen LogP contribution in [0.1, 0.15) is 25.3 Å². The number of nitrogens with zero attached hydrogens (tertiary/aromatic N) is 2. The van der Waals surface area contributed by atoms with E-state index < -0.39 is 0 Å². The van der Waals surface area contributed by atoms with Crippen LogP contribution in [0.2, 0.25) is 0 Å². The first-order chi connectivity index (χ1) is 8.79. The predicted octanol–water partition coefficient (Wildman–Crippen LogP) is 3.40. The van der Waals surface area contributed by atoms with E-state index in [1.165, 1.54) is 31.5 Å². The van der Waals surface area contributed by atoms with E-state index in [1.54, 1.807) is 6.07 Å². The molecule has 2 aromatic rings. The van der Waals surface area contributed by atoms with Gasteiger partial charge in [-0.05, 0) is 44.5 Å². The maximum atomic E-state index is 13.9. The van der Waals surface area contributed by atoms with Crippen LogP contribution in [0.5, 0.6) is 0 Å². The Balaban J connectivity index is 2.03. The van der Waals surface area contributed by atoms with Crippen LogP contribution >= 0.6 is 0 Å². The van der Waals surface area contributed by atoms with Crippen molar-refractivity contribution in [1.29, 1.82) is 0 Å². The van der Waals surface area contributed by atoms with Gasteiger partial charge in [0.2, 0.25) is 0 Å². The fourth-order valence-electron chi connectivity index (χ4n) is 2.95. The lowest BCUT2D eigenvalue weighted by atomic mass is 10.1. The monoisotopic (exact) mass is 246 g/mol. The molecule has 0 unspecified atom stereocenters. The third-order valence-corrected chi connectivity index (χ3v) is 3.86. The SMILES string of the molecule is CCn1cc(CN2CCCC2)c2cccc(F)c21. The predicted molar refractivity (Wildman–Crippen MR) is 72.1 cm³/mol. The summed E-state index contributed by atoms with van der Waals surface area (Å²) in [6.07, 6.45) is 4.70. The van der Waals surface area contributed by atoms with Crippen molar-refractivity contribution in [2.45, 2.75) is 32.9 Å². The highest BCUT2D eigenvalue weighted by atomic mass is 19.1. The summed E-state index contributed by atoms with van der Waals surface area (Å²) in [6, 6.07) is 5.40. The Labute approximate surface area is 107 Å². The summed E-state index contributed by atoms with van der Waals surface area (Å²) in [4.78, 5) is 2.46. The number of hydrogen-bond acceptors (Lipinski definition) is 1. The minimum Gasteiger partial charge on any atom is -0.345 e. The van der Waals surface area contributed by atoms with Gasteiger partial charge >= 0.3 is 0 Å². The third kappa shape index (κ3) is 1.93. The zero-order valence-electron chi connectivity index (χ0n) is 10.8. The molecule has 0 aliphatic carbocycles. The summed E-state index contributed by atoms with van der Waals surface area (Å²) in [5.74, 6) is -0.109. The molecule has 0 saturated carbocycles. The van der Waals surface area contributed by atoms with Crippen LogP contribution in [0.25, 0.3) is 10.9 Å². The first-order valence-corrected chi connectivity index (χ1v) is 6.78. The Bertz CT molecular complexity index is 553. The standard InChI is InChI=1S/C15H19FN2/c1-2-18-11-12(10-17-8-3-4-9-17)13-6-5-7-14(16)15(13)18/h5-7,11H,2-4,8-10H2,1H3. The quantitative estimate of drug-likeness (QED) is 0.806. The van der Waals surface area contributed by atoms with Crippen molar-refractivity contribution < 1.29 is 4.39 Å². The number of hydrogen-bond donors (Lipinski definition) is 0. The third-order valence-electron chi connectivity index (χ3n) is 3.86. The molecule has 96 valence electrons. The molecule has 1 aromatic carbocycles. The number of halogens is 1. The number of rotatable bonds is 3. The van der Waals surface area contributed by atoms with E-state index in [0.717, 1.165) is 24.0 Å². The second-order valence-corrected chi connectivity index (χ2v) is 5.06. The lowest BCUT2D eigenvalue weighted by molar-refractivity contribution is 0.332. The Hall–Kier alpha value is -1.35. The van der Waals surface area contributed by atoms with E-state index in [-0.39, 0.29) is 5.82 Å². The molecule has 1 saturated heterocycles. The van der Waals surface area contributed by atoms with Gasteiger partial charge in [-0.25, -0.2) is 4.39 Å². The van der Waals surface area contributed by atoms with Gasteiger partial charge in [-0.3, -0.25) is 4.90 Å². The highest BCUT2D eigenvalue weighted by Crippen LogP contribution is 2.26. The normalized spacial score (nSPS) is 16.8. The molecule has 18 heavy (non-hydrogen) atoms. The fraction of sp³-hybridized carbons (Fsp3) is 0.467. The number of likely N-dealkylation sites (tertiary alicyclic amines) is 1. The van der Waals surface area contributed by atoms with Gasteiger partial charge in [0.15, 0.2) is 0 Å². The average Bonchev–Trinajstić information content (AvgIpc) is 2.99. The van der Waals surface area contributed by atoms with Gasteiger partial charge in [0, 0.05) is 24.7 Å². The summed E-state index contributed by atoms with van der Waals surface area (Å²) in [5.41, 5.74) is 2.02. The number of aromatic nitrogens is 1. The zero-order chi connectivity index (χ0) is 12.5. The first-order valence-electron chi connectivity index (χ1n) is 6.78. The van der Waals surface area contributed by atoms with Crippen LogP contribution in [0.4, 0.5) is 4.39 Å². The van der Waals surface area contributed by atoms with E-state index in [9.17, 15) is 4.39 Å². The highest BCUT2D eigenvalue weighted by Gasteiger charge is 2.16. The van der Waals surface area contributed by atoms with E-state index >= 15 is 0 Å². The highest BCUT2D eigenvalue weighted by molar-refractivity contribution is 5.84. The topological polar surface area (TPSA) is 8.17 Å². The van der Waals surface area contributed by atoms with Crippen molar-refractivity contribution in [1.82, 2.24) is 9.47 Å². The molecule has 0 atom stereocenters. The second kappa shape index (κ2) is 4.73. The van der Waals surface area contributed by atoms with Gasteiger partial charge in [-0.15, -0.1) is 0 Å². The van der Waals surface area contributed by atoms with Crippen molar-refractivity contribution in [3.8, 4) is 0 Å². The Kier molecular flexibility index (Phi) is 3.08. The molecule has 0 spiro atoms. The van der Waals surface area contributed by atoms with E-state index in [4.69, 9.17) is 0 Å². The van der Waals surface area contributed by atoms with E-state index in [1.807, 2.05) is 16.7 Å². The van der Waals surface area contributed by atoms with Gasteiger partial charge in [-0.2, -0.15) is 0 Å². The molecule has 0 amide bonds. The molecule has 1 aliphatic heterocycles. The van der Waals surface area contributed by atoms with Crippen LogP contribution in [-0.2, 0) is 13.1 Å². The van der Waals surface area contributed by atoms with Crippen LogP contribution in [0, 0.1) is 5.82 Å². The summed E-state index contributed by atoms with van der Waals surface area (Å²) in [5, 5.41) is 1.07. The minimum absolute atomic E-state index is 0.109. The maximum Gasteiger partial charge on any atom is 0.147 e. The first kappa shape index (κ1) is 11.7. The van der Waals surface area contributed by atoms with E-state index in [0.29, 0.717) is 0 Å². The summed E-state index contributed by atoms with van der Waals surface area (Å²) >= 11 is 0. The lowest BCUT2D eigenvalue weighted by Gasteiger charge is -2.13. The van der Waals surface area contributed by atoms with Crippen LogP contribution in [0.3, 0.4) is 0 Å². The lowest BCUT2D eigenvalue weighted by Crippen LogP contribution is -2.18. The van der Waals surface area contributed by atoms with Crippen molar-refractivity contribution in [3.05, 3.63) is 35.8 Å². The number of aryl methyl sites for hydroxylation is 1. The largest absolute Gasteiger partial charge is 0.345 e. The number of benzene rings is 1. The average molecular weight is 246 g/mol. The molecule has 0 N–H and O–H groups in total. The number of para-hydroxylation sites is 1. The molecular weight excluding hydrogens is 227 g/mol. The van der Waals surface area contributed by atoms with Crippen LogP contribution in [0.15, 0.2) is 24.4 Å². The summed E-state index contributed by atoms with van der Waals surface area (Å²) in [6.45, 7) is 6.18. The Morgan fingerprint density at radius 1 is 1.22 bits per heavy atom. The van der Waals surface area contributed by atoms with Gasteiger partial charge in [0.05, 0.1) is 5.52 Å². The van der Waals surface area contributed by atoms with Crippen molar-refractivity contribution in [3.63, 3.8) is 0 Å². The van der Waals surface area contributed by atoms with Gasteiger partial charge in [-0.1, -0.05) is 12.1 Å². The van der Waals surface area contributed by atoms with Crippen molar-refractivity contribution in [2.24, 2.45) is 0 Å². The molecular formula is C15H19FN2. The molecule has 2 nitrogen and oxygen atoms in total. The van der Waals surface area contributed by atoms with Crippen LogP contribution < -0.4 is 0 Å². The smallest absolute Gasteiger partial charge is 0.147 e. The van der Waals surface area contributed by atoms with Crippen LogP contribution in [-0.4, -0.2) is 22.6 Å². The van der Waals surface area contributed by atoms with Gasteiger partial charge < -0.3 is 4.57 Å². The zero-order valence-corrected chi connectivity index (χ0v) is 10.8. The molecule has 3 heteroatoms. The molecule has 3 rings (SSSR count). The van der Waals surface area contributed by atoms with E-state index in [2.05, 4.69) is 18.0 Å². The van der Waals surface area contributed by atoms with Crippen molar-refractivity contribution >= 4 is 10.9 Å². The molecule has 1 aliphatic rings. The van der Waals surface area contributed by atoms with Gasteiger partial charge in [0.25, 0.3) is 0 Å². The molecule has 0 bridgehead atoms. The molecule has 0 radical (unpaired) electrons.